The first-order valence-electron chi connectivity index (χ1n) is 6.12. The number of nitrogens with zero attached hydrogens (tertiary/aromatic N) is 4. The van der Waals surface area contributed by atoms with Crippen LogP contribution in [0.1, 0.15) is 19.8 Å². The van der Waals surface area contributed by atoms with Crippen molar-refractivity contribution in [2.75, 3.05) is 0 Å². The van der Waals surface area contributed by atoms with Gasteiger partial charge in [0, 0.05) is 6.04 Å². The lowest BCUT2D eigenvalue weighted by Gasteiger charge is -2.25. The summed E-state index contributed by atoms with van der Waals surface area (Å²) in [5, 5.41) is 23.2. The molecule has 0 aliphatic heterocycles. The molecule has 0 aromatic carbocycles. The van der Waals surface area contributed by atoms with Crippen molar-refractivity contribution in [3.63, 3.8) is 0 Å². The van der Waals surface area contributed by atoms with E-state index in [1.54, 1.807) is 0 Å². The van der Waals surface area contributed by atoms with Gasteiger partial charge in [-0.15, -0.1) is 0 Å². The van der Waals surface area contributed by atoms with Gasteiger partial charge < -0.3 is 20.1 Å². The quantitative estimate of drug-likeness (QED) is 0.590. The number of carboxylic acid groups (broad SMARTS) is 1. The highest BCUT2D eigenvalue weighted by Gasteiger charge is 2.38. The standard InChI is InChI=1S/C11H14N4O5/c1-7(11(17)18)14(8-2-3-8)10(16)6-13-5-4-9(12-13)15(19)20/h4-5,7-8H,2-3,6H2,1H3,(H,17,18). The van der Waals surface area contributed by atoms with Crippen molar-refractivity contribution in [2.24, 2.45) is 0 Å². The average molecular weight is 282 g/mol. The van der Waals surface area contributed by atoms with Crippen LogP contribution in [-0.4, -0.2) is 48.7 Å². The van der Waals surface area contributed by atoms with Crippen LogP contribution in [0.15, 0.2) is 12.3 Å². The van der Waals surface area contributed by atoms with E-state index in [1.165, 1.54) is 24.1 Å². The Labute approximate surface area is 113 Å². The molecule has 9 heteroatoms. The largest absolute Gasteiger partial charge is 0.480 e. The zero-order valence-electron chi connectivity index (χ0n) is 10.8. The Hall–Kier alpha value is -2.45. The maximum Gasteiger partial charge on any atom is 0.389 e. The highest BCUT2D eigenvalue weighted by Crippen LogP contribution is 2.29. The Bertz CT molecular complexity index is 551. The molecule has 1 fully saturated rings. The van der Waals surface area contributed by atoms with Crippen LogP contribution in [0.25, 0.3) is 0 Å². The molecule has 1 N–H and O–H groups in total. The molecule has 0 saturated heterocycles. The van der Waals surface area contributed by atoms with Gasteiger partial charge >= 0.3 is 11.8 Å². The topological polar surface area (TPSA) is 119 Å². The maximum atomic E-state index is 12.2. The summed E-state index contributed by atoms with van der Waals surface area (Å²) in [6.07, 6.45) is 2.89. The number of hydrogen-bond acceptors (Lipinski definition) is 5. The zero-order chi connectivity index (χ0) is 14.9. The van der Waals surface area contributed by atoms with Gasteiger partial charge in [0.2, 0.25) is 5.91 Å². The van der Waals surface area contributed by atoms with Crippen LogP contribution in [0.3, 0.4) is 0 Å². The minimum atomic E-state index is -1.07. The third kappa shape index (κ3) is 2.92. The minimum absolute atomic E-state index is 0.0563. The normalized spacial score (nSPS) is 15.7. The maximum absolute atomic E-state index is 12.2. The van der Waals surface area contributed by atoms with Gasteiger partial charge in [0.25, 0.3) is 0 Å². The highest BCUT2D eigenvalue weighted by atomic mass is 16.6. The molecule has 1 aliphatic rings. The lowest BCUT2D eigenvalue weighted by molar-refractivity contribution is -0.389. The molecule has 1 aromatic rings. The Morgan fingerprint density at radius 3 is 2.75 bits per heavy atom. The van der Waals surface area contributed by atoms with E-state index in [-0.39, 0.29) is 18.4 Å². The minimum Gasteiger partial charge on any atom is -0.480 e. The SMILES string of the molecule is CC(C(=O)O)N(C(=O)Cn1ccc([N+](=O)[O-])n1)C1CC1. The summed E-state index contributed by atoms with van der Waals surface area (Å²) < 4.78 is 1.14. The Morgan fingerprint density at radius 2 is 2.30 bits per heavy atom. The fraction of sp³-hybridized carbons (Fsp3) is 0.545. The van der Waals surface area contributed by atoms with Crippen LogP contribution in [0.2, 0.25) is 0 Å². The van der Waals surface area contributed by atoms with Gasteiger partial charge in [-0.2, -0.15) is 4.68 Å². The number of carbonyl (C=O) groups excluding carboxylic acids is 1. The summed E-state index contributed by atoms with van der Waals surface area (Å²) in [5.41, 5.74) is 0. The molecule has 1 heterocycles. The van der Waals surface area contributed by atoms with Crippen molar-refractivity contribution in [2.45, 2.75) is 38.4 Å². The molecule has 1 aliphatic carbocycles. The summed E-state index contributed by atoms with van der Waals surface area (Å²) in [6.45, 7) is 1.24. The van der Waals surface area contributed by atoms with Gasteiger partial charge in [-0.05, 0) is 24.7 Å². The van der Waals surface area contributed by atoms with E-state index < -0.39 is 22.8 Å². The molecule has 1 unspecified atom stereocenters. The molecule has 1 aromatic heterocycles. The van der Waals surface area contributed by atoms with E-state index in [9.17, 15) is 19.7 Å². The van der Waals surface area contributed by atoms with Gasteiger partial charge in [0.05, 0.1) is 17.4 Å². The molecule has 1 amide bonds. The summed E-state index contributed by atoms with van der Waals surface area (Å²) in [4.78, 5) is 34.3. The second-order valence-electron chi connectivity index (χ2n) is 4.68. The number of rotatable bonds is 6. The van der Waals surface area contributed by atoms with Crippen molar-refractivity contribution < 1.29 is 19.6 Å². The van der Waals surface area contributed by atoms with Crippen LogP contribution < -0.4 is 0 Å². The monoisotopic (exact) mass is 282 g/mol. The third-order valence-electron chi connectivity index (χ3n) is 3.11. The number of aromatic nitrogens is 2. The second-order valence-corrected chi connectivity index (χ2v) is 4.68. The van der Waals surface area contributed by atoms with Crippen LogP contribution in [0, 0.1) is 10.1 Å². The summed E-state index contributed by atoms with van der Waals surface area (Å²) >= 11 is 0. The first-order chi connectivity index (χ1) is 9.40. The van der Waals surface area contributed by atoms with Crippen molar-refractivity contribution in [3.8, 4) is 0 Å². The Kier molecular flexibility index (Phi) is 3.68. The third-order valence-corrected chi connectivity index (χ3v) is 3.11. The Balaban J connectivity index is 2.08. The van der Waals surface area contributed by atoms with Crippen LogP contribution >= 0.6 is 0 Å². The van der Waals surface area contributed by atoms with E-state index in [0.717, 1.165) is 17.5 Å². The van der Waals surface area contributed by atoms with Gasteiger partial charge in [0.1, 0.15) is 12.6 Å². The van der Waals surface area contributed by atoms with Gasteiger partial charge in [-0.3, -0.25) is 4.79 Å². The van der Waals surface area contributed by atoms with Crippen molar-refractivity contribution >= 4 is 17.7 Å². The fourth-order valence-electron chi connectivity index (χ4n) is 1.96. The van der Waals surface area contributed by atoms with Gasteiger partial charge in [-0.25, -0.2) is 4.79 Å². The lowest BCUT2D eigenvalue weighted by Crippen LogP contribution is -2.46. The Morgan fingerprint density at radius 1 is 1.65 bits per heavy atom. The highest BCUT2D eigenvalue weighted by molar-refractivity contribution is 5.83. The van der Waals surface area contributed by atoms with Gasteiger partial charge in [0.15, 0.2) is 0 Å². The predicted molar refractivity (Wildman–Crippen MR) is 65.8 cm³/mol. The fourth-order valence-corrected chi connectivity index (χ4v) is 1.96. The van der Waals surface area contributed by atoms with Crippen molar-refractivity contribution in [1.82, 2.24) is 14.7 Å². The average Bonchev–Trinajstić information content (AvgIpc) is 3.07. The predicted octanol–water partition coefficient (Wildman–Crippen LogP) is 0.255. The molecule has 0 radical (unpaired) electrons. The first-order valence-corrected chi connectivity index (χ1v) is 6.12. The molecule has 2 rings (SSSR count). The lowest BCUT2D eigenvalue weighted by atomic mass is 10.2. The number of nitro groups is 1. The van der Waals surface area contributed by atoms with Gasteiger partial charge in [-0.1, -0.05) is 0 Å². The molecule has 108 valence electrons. The molecular formula is C11H14N4O5. The van der Waals surface area contributed by atoms with E-state index in [4.69, 9.17) is 5.11 Å². The second kappa shape index (κ2) is 5.27. The molecule has 20 heavy (non-hydrogen) atoms. The van der Waals surface area contributed by atoms with Crippen LogP contribution in [-0.2, 0) is 16.1 Å². The zero-order valence-corrected chi connectivity index (χ0v) is 10.8. The van der Waals surface area contributed by atoms with Crippen LogP contribution in [0.4, 0.5) is 5.82 Å². The number of amides is 1. The van der Waals surface area contributed by atoms with E-state index in [1.807, 2.05) is 0 Å². The first kappa shape index (κ1) is 14.0. The molecule has 0 bridgehead atoms. The van der Waals surface area contributed by atoms with E-state index in [0.29, 0.717) is 0 Å². The molecule has 1 atom stereocenters. The van der Waals surface area contributed by atoms with Crippen molar-refractivity contribution in [1.29, 1.82) is 0 Å². The summed E-state index contributed by atoms with van der Waals surface area (Å²) in [5.74, 6) is -1.82. The molecule has 0 spiro atoms. The number of carbonyl (C=O) groups is 2. The number of carboxylic acids is 1. The smallest absolute Gasteiger partial charge is 0.389 e. The molecule has 1 saturated carbocycles. The van der Waals surface area contributed by atoms with Crippen LogP contribution in [0.5, 0.6) is 0 Å². The molecular weight excluding hydrogens is 268 g/mol. The number of aliphatic carboxylic acids is 1. The molecule has 9 nitrogen and oxygen atoms in total. The number of hydrogen-bond donors (Lipinski definition) is 1. The summed E-state index contributed by atoms with van der Waals surface area (Å²) in [7, 11) is 0. The van der Waals surface area contributed by atoms with E-state index in [2.05, 4.69) is 5.10 Å². The van der Waals surface area contributed by atoms with E-state index >= 15 is 0 Å². The summed E-state index contributed by atoms with van der Waals surface area (Å²) in [6, 6.07) is 0.217. The van der Waals surface area contributed by atoms with Crippen molar-refractivity contribution in [3.05, 3.63) is 22.4 Å².